The van der Waals surface area contributed by atoms with Crippen LogP contribution in [0.5, 0.6) is 11.5 Å². The molecule has 2 aliphatic rings. The molecule has 1 fully saturated rings. The van der Waals surface area contributed by atoms with E-state index in [2.05, 4.69) is 5.32 Å². The van der Waals surface area contributed by atoms with Gasteiger partial charge in [-0.25, -0.2) is 4.79 Å². The Hall–Kier alpha value is -6.25. The predicted molar refractivity (Wildman–Crippen MR) is 219 cm³/mol. The molecule has 5 aromatic rings. The molecule has 0 saturated carbocycles. The van der Waals surface area contributed by atoms with Crippen LogP contribution in [-0.2, 0) is 38.9 Å². The third kappa shape index (κ3) is 8.70. The number of aliphatic hydroxyl groups is 1. The topological polar surface area (TPSA) is 168 Å². The van der Waals surface area contributed by atoms with E-state index in [1.54, 1.807) is 14.2 Å². The van der Waals surface area contributed by atoms with Crippen molar-refractivity contribution in [1.29, 1.82) is 0 Å². The SMILES string of the molecule is COc1ccc(C(OC[C@H]2O[C@H](OC)[C@H](NC(=O)OCC3c4ccccc4-c4ccccc43)[C@@H](OC(=O)CCC(=O)O)[C@@H]2O)(c2ccccc2)c2ccc(OC)cc2)cc1. The van der Waals surface area contributed by atoms with Gasteiger partial charge in [0.2, 0.25) is 0 Å². The Morgan fingerprint density at radius 1 is 0.683 bits per heavy atom. The van der Waals surface area contributed by atoms with E-state index in [1.165, 1.54) is 7.11 Å². The van der Waals surface area contributed by atoms with Crippen molar-refractivity contribution in [3.8, 4) is 22.6 Å². The number of rotatable bonds is 16. The second-order valence-electron chi connectivity index (χ2n) is 14.4. The lowest BCUT2D eigenvalue weighted by Gasteiger charge is -2.45. The van der Waals surface area contributed by atoms with Crippen LogP contribution in [0.1, 0.15) is 46.6 Å². The number of alkyl carbamates (subject to hydrolysis) is 1. The molecular weight excluding hydrogens is 771 g/mol. The summed E-state index contributed by atoms with van der Waals surface area (Å²) in [6, 6.07) is 38.9. The molecule has 1 saturated heterocycles. The molecule has 5 aromatic carbocycles. The van der Waals surface area contributed by atoms with Crippen LogP contribution < -0.4 is 14.8 Å². The largest absolute Gasteiger partial charge is 0.497 e. The minimum Gasteiger partial charge on any atom is -0.497 e. The van der Waals surface area contributed by atoms with Gasteiger partial charge in [0.25, 0.3) is 0 Å². The van der Waals surface area contributed by atoms with Crippen molar-refractivity contribution in [3.05, 3.63) is 155 Å². The number of hydrogen-bond donors (Lipinski definition) is 3. The Morgan fingerprint density at radius 2 is 1.22 bits per heavy atom. The van der Waals surface area contributed by atoms with Crippen LogP contribution in [0.4, 0.5) is 4.79 Å². The number of ether oxygens (including phenoxy) is 7. The summed E-state index contributed by atoms with van der Waals surface area (Å²) in [4.78, 5) is 38.1. The van der Waals surface area contributed by atoms with Gasteiger partial charge >= 0.3 is 18.0 Å². The van der Waals surface area contributed by atoms with Crippen LogP contribution in [0.2, 0.25) is 0 Å². The van der Waals surface area contributed by atoms with E-state index in [1.807, 2.05) is 127 Å². The number of methoxy groups -OCH3 is 3. The molecular formula is C47H47NO12. The second-order valence-corrected chi connectivity index (χ2v) is 14.4. The highest BCUT2D eigenvalue weighted by molar-refractivity contribution is 5.79. The Morgan fingerprint density at radius 3 is 1.75 bits per heavy atom. The molecule has 13 nitrogen and oxygen atoms in total. The first-order chi connectivity index (χ1) is 29.2. The van der Waals surface area contributed by atoms with Gasteiger partial charge in [0.1, 0.15) is 42.0 Å². The van der Waals surface area contributed by atoms with E-state index in [0.29, 0.717) is 11.5 Å². The van der Waals surface area contributed by atoms with Crippen molar-refractivity contribution in [3.63, 3.8) is 0 Å². The maximum atomic E-state index is 13.6. The van der Waals surface area contributed by atoms with Crippen molar-refractivity contribution in [2.24, 2.45) is 0 Å². The van der Waals surface area contributed by atoms with Crippen LogP contribution >= 0.6 is 0 Å². The highest BCUT2D eigenvalue weighted by Gasteiger charge is 2.50. The summed E-state index contributed by atoms with van der Waals surface area (Å²) in [5.74, 6) is -1.09. The fourth-order valence-corrected chi connectivity index (χ4v) is 8.03. The second kappa shape index (κ2) is 18.8. The standard InChI is InChI=1S/C47H47NO12/c1-54-32-21-17-30(18-22-32)47(29-11-5-4-6-12-29,31-19-23-33(55-2)24-20-31)58-28-39-43(52)44(60-41(51)26-25-40(49)50)42(45(56-3)59-39)48-46(53)57-27-38-36-15-9-7-13-34(36)35-14-8-10-16-37(35)38/h4-24,38-39,42-45,52H,25-28H2,1-3H3,(H,48,53)(H,49,50)/t39-,42-,43-,44-,45+/m1/s1. The molecule has 0 bridgehead atoms. The Balaban J connectivity index is 1.17. The van der Waals surface area contributed by atoms with E-state index < -0.39 is 67.1 Å². The van der Waals surface area contributed by atoms with Crippen molar-refractivity contribution >= 4 is 18.0 Å². The summed E-state index contributed by atoms with van der Waals surface area (Å²) in [5, 5.41) is 24.0. The molecule has 0 aromatic heterocycles. The highest BCUT2D eigenvalue weighted by atomic mass is 16.7. The van der Waals surface area contributed by atoms with Gasteiger partial charge in [-0.1, -0.05) is 103 Å². The monoisotopic (exact) mass is 817 g/mol. The maximum Gasteiger partial charge on any atom is 0.407 e. The molecule has 7 rings (SSSR count). The van der Waals surface area contributed by atoms with Crippen LogP contribution in [0, 0.1) is 0 Å². The average molecular weight is 818 g/mol. The van der Waals surface area contributed by atoms with Crippen LogP contribution in [0.15, 0.2) is 127 Å². The molecule has 3 N–H and O–H groups in total. The van der Waals surface area contributed by atoms with Gasteiger partial charge in [0.15, 0.2) is 12.4 Å². The van der Waals surface area contributed by atoms with Crippen molar-refractivity contribution in [1.82, 2.24) is 5.32 Å². The lowest BCUT2D eigenvalue weighted by atomic mass is 9.80. The molecule has 0 radical (unpaired) electrons. The van der Waals surface area contributed by atoms with Gasteiger partial charge < -0.3 is 48.7 Å². The Bertz CT molecular complexity index is 2150. The fraction of sp³-hybridized carbons (Fsp3) is 0.298. The van der Waals surface area contributed by atoms with Crippen molar-refractivity contribution < 1.29 is 57.8 Å². The number of benzene rings is 5. The Kier molecular flexibility index (Phi) is 13.1. The lowest BCUT2D eigenvalue weighted by Crippen LogP contribution is -2.66. The maximum absolute atomic E-state index is 13.6. The van der Waals surface area contributed by atoms with Gasteiger partial charge in [-0.3, -0.25) is 9.59 Å². The summed E-state index contributed by atoms with van der Waals surface area (Å²) in [6.45, 7) is -0.291. The van der Waals surface area contributed by atoms with E-state index in [9.17, 15) is 24.6 Å². The van der Waals surface area contributed by atoms with Gasteiger partial charge in [-0.15, -0.1) is 0 Å². The molecule has 13 heteroatoms. The number of fused-ring (bicyclic) bond motifs is 3. The number of carbonyl (C=O) groups excluding carboxylic acids is 2. The van der Waals surface area contributed by atoms with Crippen molar-refractivity contribution in [2.75, 3.05) is 34.5 Å². The zero-order valence-corrected chi connectivity index (χ0v) is 33.4. The summed E-state index contributed by atoms with van der Waals surface area (Å²) in [6.07, 6.45) is -7.44. The van der Waals surface area contributed by atoms with E-state index in [0.717, 1.165) is 38.9 Å². The van der Waals surface area contributed by atoms with E-state index in [-0.39, 0.29) is 19.1 Å². The Labute approximate surface area is 347 Å². The number of carboxylic acid groups (broad SMARTS) is 1. The molecule has 60 heavy (non-hydrogen) atoms. The predicted octanol–water partition coefficient (Wildman–Crippen LogP) is 6.43. The van der Waals surface area contributed by atoms with Crippen molar-refractivity contribution in [2.45, 2.75) is 55.0 Å². The van der Waals surface area contributed by atoms with Gasteiger partial charge in [-0.05, 0) is 63.2 Å². The van der Waals surface area contributed by atoms with Crippen LogP contribution in [0.3, 0.4) is 0 Å². The first kappa shape index (κ1) is 41.9. The number of nitrogens with one attached hydrogen (secondary N) is 1. The normalized spacial score (nSPS) is 19.7. The molecule has 312 valence electrons. The molecule has 1 aliphatic carbocycles. The number of aliphatic hydroxyl groups excluding tert-OH is 1. The third-order valence-corrected chi connectivity index (χ3v) is 11.0. The lowest BCUT2D eigenvalue weighted by molar-refractivity contribution is -0.272. The highest BCUT2D eigenvalue weighted by Crippen LogP contribution is 2.45. The third-order valence-electron chi connectivity index (χ3n) is 11.0. The fourth-order valence-electron chi connectivity index (χ4n) is 8.03. The zero-order chi connectivity index (χ0) is 42.2. The van der Waals surface area contributed by atoms with Crippen LogP contribution in [-0.4, -0.2) is 93.4 Å². The number of amides is 1. The molecule has 1 aliphatic heterocycles. The minimum absolute atomic E-state index is 0.00847. The molecule has 0 unspecified atom stereocenters. The van der Waals surface area contributed by atoms with E-state index >= 15 is 0 Å². The van der Waals surface area contributed by atoms with Gasteiger partial charge in [0, 0.05) is 13.0 Å². The first-order valence-corrected chi connectivity index (χ1v) is 19.5. The number of carbonyl (C=O) groups is 3. The molecule has 5 atom stereocenters. The summed E-state index contributed by atoms with van der Waals surface area (Å²) >= 11 is 0. The summed E-state index contributed by atoms with van der Waals surface area (Å²) in [7, 11) is 4.50. The zero-order valence-electron chi connectivity index (χ0n) is 33.4. The number of carboxylic acids is 1. The quantitative estimate of drug-likeness (QED) is 0.0739. The van der Waals surface area contributed by atoms with E-state index in [4.69, 9.17) is 33.2 Å². The molecule has 0 spiro atoms. The van der Waals surface area contributed by atoms with Gasteiger partial charge in [0.05, 0.1) is 33.7 Å². The molecule has 1 heterocycles. The number of hydrogen-bond acceptors (Lipinski definition) is 11. The van der Waals surface area contributed by atoms with Gasteiger partial charge in [-0.2, -0.15) is 0 Å². The molecule has 1 amide bonds. The first-order valence-electron chi connectivity index (χ1n) is 19.5. The average Bonchev–Trinajstić information content (AvgIpc) is 3.61. The minimum atomic E-state index is -1.61. The summed E-state index contributed by atoms with van der Waals surface area (Å²) < 4.78 is 41.5. The number of esters is 1. The smallest absolute Gasteiger partial charge is 0.407 e. The summed E-state index contributed by atoms with van der Waals surface area (Å²) in [5.41, 5.74) is 5.04. The number of aliphatic carboxylic acids is 1. The van der Waals surface area contributed by atoms with Crippen LogP contribution in [0.25, 0.3) is 11.1 Å².